The third-order valence-electron chi connectivity index (χ3n) is 3.01. The average Bonchev–Trinajstić information content (AvgIpc) is 2.32. The first-order valence-corrected chi connectivity index (χ1v) is 6.15. The molecule has 0 aromatic heterocycles. The van der Waals surface area contributed by atoms with Gasteiger partial charge in [0.25, 0.3) is 0 Å². The summed E-state index contributed by atoms with van der Waals surface area (Å²) in [6.07, 6.45) is -0.643. The van der Waals surface area contributed by atoms with E-state index in [1.54, 1.807) is 24.3 Å². The Labute approximate surface area is 111 Å². The van der Waals surface area contributed by atoms with Gasteiger partial charge in [-0.15, -0.1) is 0 Å². The van der Waals surface area contributed by atoms with Crippen molar-refractivity contribution < 1.29 is 24.4 Å². The molecule has 1 aliphatic heterocycles. The maximum absolute atomic E-state index is 10.8. The normalized spacial score (nSPS) is 23.3. The Balaban J connectivity index is 1.83. The van der Waals surface area contributed by atoms with Crippen LogP contribution in [-0.2, 0) is 4.79 Å². The molecular weight excluding hydrogens is 250 g/mol. The molecule has 1 atom stereocenters. The Morgan fingerprint density at radius 1 is 1.53 bits per heavy atom. The van der Waals surface area contributed by atoms with Crippen LogP contribution in [0.1, 0.15) is 6.92 Å². The number of hydroxylamine groups is 2. The molecule has 0 amide bonds. The first-order valence-electron chi connectivity index (χ1n) is 6.15. The van der Waals surface area contributed by atoms with Gasteiger partial charge < -0.3 is 24.9 Å². The number of nitrogens with one attached hydrogen (secondary N) is 1. The number of hydrogen-bond donors (Lipinski definition) is 2. The summed E-state index contributed by atoms with van der Waals surface area (Å²) in [5.74, 6) is 0.524. The molecule has 6 nitrogen and oxygen atoms in total. The topological polar surface area (TPSA) is 83.3 Å². The van der Waals surface area contributed by atoms with Gasteiger partial charge in [-0.05, 0) is 12.1 Å². The molecule has 0 unspecified atom stereocenters. The monoisotopic (exact) mass is 267 g/mol. The summed E-state index contributed by atoms with van der Waals surface area (Å²) in [6.45, 7) is 2.31. The summed E-state index contributed by atoms with van der Waals surface area (Å²) < 4.78 is 10.4. The van der Waals surface area contributed by atoms with Crippen LogP contribution >= 0.6 is 0 Å². The zero-order valence-electron chi connectivity index (χ0n) is 10.7. The Hall–Kier alpha value is -1.63. The average molecular weight is 267 g/mol. The summed E-state index contributed by atoms with van der Waals surface area (Å²) in [5.41, 5.74) is 0. The summed E-state index contributed by atoms with van der Waals surface area (Å²) in [6, 6.07) is 6.65. The van der Waals surface area contributed by atoms with Crippen molar-refractivity contribution in [3.8, 4) is 11.5 Å². The second-order valence-electron chi connectivity index (χ2n) is 4.65. The molecule has 1 aliphatic rings. The van der Waals surface area contributed by atoms with E-state index in [2.05, 4.69) is 0 Å². The van der Waals surface area contributed by atoms with Crippen LogP contribution in [0.25, 0.3) is 0 Å². The first kappa shape index (κ1) is 13.8. The fraction of sp³-hybridized carbons (Fsp3) is 0.462. The molecule has 0 aliphatic carbocycles. The molecule has 1 aromatic carbocycles. The van der Waals surface area contributed by atoms with E-state index < -0.39 is 12.1 Å². The Bertz CT molecular complexity index is 444. The molecule has 0 saturated carbocycles. The Morgan fingerprint density at radius 3 is 2.84 bits per heavy atom. The highest BCUT2D eigenvalue weighted by molar-refractivity contribution is 5.69. The predicted molar refractivity (Wildman–Crippen MR) is 66.8 cm³/mol. The first-order chi connectivity index (χ1) is 9.04. The maximum atomic E-state index is 10.8. The van der Waals surface area contributed by atoms with Crippen molar-refractivity contribution in [2.75, 3.05) is 19.7 Å². The number of carbonyl (C=O) groups is 1. The number of ether oxygens (including phenoxy) is 2. The summed E-state index contributed by atoms with van der Waals surface area (Å²) in [5, 5.41) is 20.8. The lowest BCUT2D eigenvalue weighted by molar-refractivity contribution is -0.904. The van der Waals surface area contributed by atoms with Crippen LogP contribution < -0.4 is 14.5 Å². The molecule has 6 heteroatoms. The van der Waals surface area contributed by atoms with Gasteiger partial charge in [0.2, 0.25) is 0 Å². The zero-order chi connectivity index (χ0) is 13.8. The van der Waals surface area contributed by atoms with E-state index in [1.165, 1.54) is 6.92 Å². The van der Waals surface area contributed by atoms with Gasteiger partial charge in [-0.1, -0.05) is 6.07 Å². The highest BCUT2D eigenvalue weighted by Crippen LogP contribution is 2.20. The third-order valence-corrected chi connectivity index (χ3v) is 3.01. The number of hydrogen-bond acceptors (Lipinski definition) is 5. The third kappa shape index (κ3) is 3.92. The standard InChI is InChI=1S/C13H17NO5/c1-9(15)19-12-4-2-3-11(5-12)18-8-13(16)10-6-14(17)7-10/h2-5,10,13-14,16H,6-8H2,1H3/t13-/m0/s1. The van der Waals surface area contributed by atoms with Gasteiger partial charge >= 0.3 is 5.97 Å². The van der Waals surface area contributed by atoms with Gasteiger partial charge in [0.1, 0.15) is 24.2 Å². The van der Waals surface area contributed by atoms with Crippen molar-refractivity contribution in [3.63, 3.8) is 0 Å². The Kier molecular flexibility index (Phi) is 4.36. The number of aliphatic hydroxyl groups is 1. The van der Waals surface area contributed by atoms with Crippen LogP contribution in [0, 0.1) is 11.1 Å². The van der Waals surface area contributed by atoms with E-state index in [0.29, 0.717) is 24.6 Å². The number of benzene rings is 1. The predicted octanol–water partition coefficient (Wildman–Crippen LogP) is -0.636. The van der Waals surface area contributed by atoms with Crippen molar-refractivity contribution in [2.45, 2.75) is 13.0 Å². The molecule has 2 rings (SSSR count). The molecule has 1 aromatic rings. The van der Waals surface area contributed by atoms with Crippen LogP contribution in [0.4, 0.5) is 0 Å². The molecule has 19 heavy (non-hydrogen) atoms. The number of quaternary nitrogens is 1. The summed E-state index contributed by atoms with van der Waals surface area (Å²) in [4.78, 5) is 10.8. The minimum Gasteiger partial charge on any atom is -0.634 e. The molecular formula is C13H17NO5. The highest BCUT2D eigenvalue weighted by atomic mass is 16.5. The van der Waals surface area contributed by atoms with Crippen molar-refractivity contribution >= 4 is 5.97 Å². The highest BCUT2D eigenvalue weighted by Gasteiger charge is 2.33. The van der Waals surface area contributed by atoms with Gasteiger partial charge in [-0.2, -0.15) is 0 Å². The van der Waals surface area contributed by atoms with Crippen LogP contribution in [0.15, 0.2) is 24.3 Å². The van der Waals surface area contributed by atoms with Gasteiger partial charge in [-0.3, -0.25) is 4.79 Å². The van der Waals surface area contributed by atoms with Crippen LogP contribution in [0.5, 0.6) is 11.5 Å². The molecule has 1 fully saturated rings. The number of aliphatic hydroxyl groups excluding tert-OH is 1. The van der Waals surface area contributed by atoms with Crippen molar-refractivity contribution in [1.29, 1.82) is 0 Å². The smallest absolute Gasteiger partial charge is 0.308 e. The van der Waals surface area contributed by atoms with E-state index in [1.807, 2.05) is 0 Å². The molecule has 0 radical (unpaired) electrons. The lowest BCUT2D eigenvalue weighted by Gasteiger charge is -2.40. The van der Waals surface area contributed by atoms with E-state index in [-0.39, 0.29) is 17.6 Å². The quantitative estimate of drug-likeness (QED) is 0.421. The minimum atomic E-state index is -0.643. The largest absolute Gasteiger partial charge is 0.634 e. The van der Waals surface area contributed by atoms with E-state index in [9.17, 15) is 15.1 Å². The van der Waals surface area contributed by atoms with Crippen LogP contribution in [0.2, 0.25) is 0 Å². The van der Waals surface area contributed by atoms with Gasteiger partial charge in [0.15, 0.2) is 0 Å². The second kappa shape index (κ2) is 6.01. The zero-order valence-corrected chi connectivity index (χ0v) is 10.7. The van der Waals surface area contributed by atoms with Crippen molar-refractivity contribution in [3.05, 3.63) is 29.5 Å². The maximum Gasteiger partial charge on any atom is 0.308 e. The van der Waals surface area contributed by atoms with Gasteiger partial charge in [-0.25, -0.2) is 0 Å². The summed E-state index contributed by atoms with van der Waals surface area (Å²) >= 11 is 0. The number of carbonyl (C=O) groups excluding carboxylic acids is 1. The molecule has 0 bridgehead atoms. The molecule has 2 N–H and O–H groups in total. The number of rotatable bonds is 5. The SMILES string of the molecule is CC(=O)Oc1cccc(OC[C@H](O)C2C[NH+]([O-])C2)c1. The second-order valence-corrected chi connectivity index (χ2v) is 4.65. The molecule has 0 spiro atoms. The van der Waals surface area contributed by atoms with Crippen LogP contribution in [0.3, 0.4) is 0 Å². The van der Waals surface area contributed by atoms with Crippen LogP contribution in [-0.4, -0.2) is 36.9 Å². The summed E-state index contributed by atoms with van der Waals surface area (Å²) in [7, 11) is 0. The lowest BCUT2D eigenvalue weighted by Crippen LogP contribution is -3.16. The molecule has 1 saturated heterocycles. The van der Waals surface area contributed by atoms with Gasteiger partial charge in [0, 0.05) is 13.0 Å². The Morgan fingerprint density at radius 2 is 2.21 bits per heavy atom. The lowest BCUT2D eigenvalue weighted by atomic mass is 9.96. The van der Waals surface area contributed by atoms with Crippen molar-refractivity contribution in [1.82, 2.24) is 0 Å². The van der Waals surface area contributed by atoms with E-state index in [4.69, 9.17) is 9.47 Å². The fourth-order valence-corrected chi connectivity index (χ4v) is 1.91. The fourth-order valence-electron chi connectivity index (χ4n) is 1.91. The molecule has 104 valence electrons. The van der Waals surface area contributed by atoms with E-state index >= 15 is 0 Å². The van der Waals surface area contributed by atoms with Crippen molar-refractivity contribution in [2.24, 2.45) is 5.92 Å². The number of esters is 1. The van der Waals surface area contributed by atoms with Gasteiger partial charge in [0.05, 0.1) is 19.0 Å². The molecule has 1 heterocycles. The minimum absolute atomic E-state index is 0.00384. The van der Waals surface area contributed by atoms with E-state index in [0.717, 1.165) is 0 Å².